The van der Waals surface area contributed by atoms with Gasteiger partial charge in [-0.15, -0.1) is 0 Å². The lowest BCUT2D eigenvalue weighted by atomic mass is 9.90. The Bertz CT molecular complexity index is 257. The van der Waals surface area contributed by atoms with Crippen LogP contribution in [0.15, 0.2) is 0 Å². The molecule has 0 aromatic carbocycles. The molecule has 1 amide bonds. The first-order valence-corrected chi connectivity index (χ1v) is 5.19. The number of carbonyl (C=O) groups is 1. The molecule has 0 saturated carbocycles. The third-order valence-corrected chi connectivity index (χ3v) is 3.10. The van der Waals surface area contributed by atoms with Crippen LogP contribution >= 0.6 is 0 Å². The molecule has 0 aromatic rings. The third kappa shape index (κ3) is 2.46. The number of rotatable bonds is 3. The number of hydrogen-bond donors (Lipinski definition) is 2. The zero-order valence-corrected chi connectivity index (χ0v) is 9.42. The molecule has 1 aliphatic heterocycles. The smallest absolute Gasteiger partial charge is 0.245 e. The van der Waals surface area contributed by atoms with Gasteiger partial charge in [0.1, 0.15) is 12.2 Å². The van der Waals surface area contributed by atoms with Crippen molar-refractivity contribution < 1.29 is 9.18 Å². The summed E-state index contributed by atoms with van der Waals surface area (Å²) >= 11 is 0. The molecule has 15 heavy (non-hydrogen) atoms. The summed E-state index contributed by atoms with van der Waals surface area (Å²) in [6.45, 7) is 4.36. The van der Waals surface area contributed by atoms with Crippen LogP contribution in [0.3, 0.4) is 0 Å². The van der Waals surface area contributed by atoms with E-state index in [2.05, 4.69) is 0 Å². The Labute approximate surface area is 89.8 Å². The number of nitrogens with two attached hydrogens (primary N) is 2. The van der Waals surface area contributed by atoms with Crippen molar-refractivity contribution in [1.29, 1.82) is 0 Å². The second-order valence-corrected chi connectivity index (χ2v) is 5.04. The molecule has 0 aliphatic carbocycles. The molecule has 1 aliphatic rings. The van der Waals surface area contributed by atoms with Crippen LogP contribution in [0.25, 0.3) is 0 Å². The van der Waals surface area contributed by atoms with Gasteiger partial charge in [-0.1, -0.05) is 6.92 Å². The molecule has 4 nitrogen and oxygen atoms in total. The van der Waals surface area contributed by atoms with E-state index in [0.717, 1.165) is 6.42 Å². The molecule has 1 heterocycles. The van der Waals surface area contributed by atoms with Crippen LogP contribution in [0.1, 0.15) is 20.3 Å². The quantitative estimate of drug-likeness (QED) is 0.691. The summed E-state index contributed by atoms with van der Waals surface area (Å²) in [4.78, 5) is 13.4. The van der Waals surface area contributed by atoms with E-state index in [-0.39, 0.29) is 11.3 Å². The lowest BCUT2D eigenvalue weighted by Crippen LogP contribution is -2.54. The van der Waals surface area contributed by atoms with Gasteiger partial charge >= 0.3 is 0 Å². The van der Waals surface area contributed by atoms with Crippen LogP contribution in [-0.2, 0) is 4.79 Å². The largest absolute Gasteiger partial charge is 0.340 e. The second kappa shape index (κ2) is 4.06. The van der Waals surface area contributed by atoms with Crippen molar-refractivity contribution in [3.05, 3.63) is 0 Å². The molecule has 4 N–H and O–H groups in total. The van der Waals surface area contributed by atoms with E-state index < -0.39 is 12.2 Å². The number of halogens is 1. The Morgan fingerprint density at radius 2 is 2.27 bits per heavy atom. The topological polar surface area (TPSA) is 72.4 Å². The van der Waals surface area contributed by atoms with Gasteiger partial charge in [0.2, 0.25) is 5.91 Å². The lowest BCUT2D eigenvalue weighted by molar-refractivity contribution is -0.136. The Morgan fingerprint density at radius 3 is 2.67 bits per heavy atom. The number of carbonyl (C=O) groups excluding carboxylic acids is 1. The van der Waals surface area contributed by atoms with Gasteiger partial charge in [0.05, 0.1) is 0 Å². The van der Waals surface area contributed by atoms with Crippen molar-refractivity contribution >= 4 is 5.91 Å². The average molecular weight is 217 g/mol. The Morgan fingerprint density at radius 1 is 1.67 bits per heavy atom. The maximum absolute atomic E-state index is 12.6. The first kappa shape index (κ1) is 12.4. The summed E-state index contributed by atoms with van der Waals surface area (Å²) in [5.41, 5.74) is 9.77. The van der Waals surface area contributed by atoms with E-state index in [4.69, 9.17) is 11.5 Å². The van der Waals surface area contributed by atoms with E-state index in [1.165, 1.54) is 6.92 Å². The standard InChI is InChI=1S/C10H20FN3O/c1-9(6-12)3-4-14(7-9)8(15)10(2,13)5-11/h3-7,12-13H2,1-2H3/t9-,10?/m1/s1. The van der Waals surface area contributed by atoms with E-state index in [0.29, 0.717) is 19.6 Å². The highest BCUT2D eigenvalue weighted by molar-refractivity contribution is 5.86. The zero-order chi connectivity index (χ0) is 11.7. The average Bonchev–Trinajstić information content (AvgIpc) is 2.60. The molecule has 1 fully saturated rings. The fourth-order valence-corrected chi connectivity index (χ4v) is 1.78. The fraction of sp³-hybridized carbons (Fsp3) is 0.900. The van der Waals surface area contributed by atoms with Crippen LogP contribution in [0.5, 0.6) is 0 Å². The first-order chi connectivity index (χ1) is 6.84. The molecule has 88 valence electrons. The number of alkyl halides is 1. The van der Waals surface area contributed by atoms with E-state index in [9.17, 15) is 9.18 Å². The van der Waals surface area contributed by atoms with Crippen LogP contribution in [0, 0.1) is 5.41 Å². The molecular weight excluding hydrogens is 197 g/mol. The monoisotopic (exact) mass is 217 g/mol. The predicted octanol–water partition coefficient (Wildman–Crippen LogP) is -0.129. The first-order valence-electron chi connectivity index (χ1n) is 5.19. The normalized spacial score (nSPS) is 30.3. The maximum atomic E-state index is 12.6. The summed E-state index contributed by atoms with van der Waals surface area (Å²) in [7, 11) is 0. The van der Waals surface area contributed by atoms with Crippen molar-refractivity contribution in [2.45, 2.75) is 25.8 Å². The fourth-order valence-electron chi connectivity index (χ4n) is 1.78. The molecule has 2 atom stereocenters. The Kier molecular flexibility index (Phi) is 3.35. The van der Waals surface area contributed by atoms with Crippen LogP contribution in [0.4, 0.5) is 4.39 Å². The summed E-state index contributed by atoms with van der Waals surface area (Å²) in [6.07, 6.45) is 0.859. The van der Waals surface area contributed by atoms with Crippen molar-refractivity contribution in [1.82, 2.24) is 4.90 Å². The van der Waals surface area contributed by atoms with Crippen molar-refractivity contribution in [3.63, 3.8) is 0 Å². The van der Waals surface area contributed by atoms with Crippen molar-refractivity contribution in [3.8, 4) is 0 Å². The van der Waals surface area contributed by atoms with Gasteiger partial charge in [-0.2, -0.15) is 0 Å². The van der Waals surface area contributed by atoms with E-state index in [1.807, 2.05) is 6.92 Å². The van der Waals surface area contributed by atoms with Gasteiger partial charge in [0, 0.05) is 13.1 Å². The number of nitrogens with zero attached hydrogens (tertiary/aromatic N) is 1. The van der Waals surface area contributed by atoms with Gasteiger partial charge in [0.25, 0.3) is 0 Å². The molecule has 1 rings (SSSR count). The summed E-state index contributed by atoms with van der Waals surface area (Å²) < 4.78 is 12.6. The van der Waals surface area contributed by atoms with E-state index in [1.54, 1.807) is 4.90 Å². The molecule has 0 spiro atoms. The lowest BCUT2D eigenvalue weighted by Gasteiger charge is -2.28. The number of likely N-dealkylation sites (tertiary alicyclic amines) is 1. The van der Waals surface area contributed by atoms with Crippen molar-refractivity contribution in [2.75, 3.05) is 26.3 Å². The minimum Gasteiger partial charge on any atom is -0.340 e. The molecule has 1 saturated heterocycles. The number of hydrogen-bond acceptors (Lipinski definition) is 3. The highest BCUT2D eigenvalue weighted by Crippen LogP contribution is 2.29. The van der Waals surface area contributed by atoms with Crippen molar-refractivity contribution in [2.24, 2.45) is 16.9 Å². The molecule has 0 aromatic heterocycles. The molecular formula is C10H20FN3O. The summed E-state index contributed by atoms with van der Waals surface area (Å²) in [5.74, 6) is -0.317. The SMILES string of the molecule is CC(N)(CF)C(=O)N1CC[C@](C)(CN)C1. The Hall–Kier alpha value is -0.680. The predicted molar refractivity (Wildman–Crippen MR) is 56.9 cm³/mol. The van der Waals surface area contributed by atoms with Crippen LogP contribution in [0.2, 0.25) is 0 Å². The van der Waals surface area contributed by atoms with Gasteiger partial charge in [0.15, 0.2) is 0 Å². The Balaban J connectivity index is 2.66. The van der Waals surface area contributed by atoms with Crippen LogP contribution < -0.4 is 11.5 Å². The van der Waals surface area contributed by atoms with Gasteiger partial charge in [-0.25, -0.2) is 4.39 Å². The molecule has 5 heteroatoms. The second-order valence-electron chi connectivity index (χ2n) is 5.04. The number of amides is 1. The molecule has 0 radical (unpaired) electrons. The zero-order valence-electron chi connectivity index (χ0n) is 9.42. The summed E-state index contributed by atoms with van der Waals surface area (Å²) in [5, 5.41) is 0. The van der Waals surface area contributed by atoms with Gasteiger partial charge in [-0.05, 0) is 25.3 Å². The molecule has 0 bridgehead atoms. The third-order valence-electron chi connectivity index (χ3n) is 3.10. The van der Waals surface area contributed by atoms with Gasteiger partial charge < -0.3 is 16.4 Å². The van der Waals surface area contributed by atoms with Gasteiger partial charge in [-0.3, -0.25) is 4.79 Å². The minimum atomic E-state index is -1.39. The highest BCUT2D eigenvalue weighted by Gasteiger charge is 2.40. The molecule has 1 unspecified atom stereocenters. The van der Waals surface area contributed by atoms with Crippen LogP contribution in [-0.4, -0.2) is 42.7 Å². The maximum Gasteiger partial charge on any atom is 0.245 e. The summed E-state index contributed by atoms with van der Waals surface area (Å²) in [6, 6.07) is 0. The highest BCUT2D eigenvalue weighted by atomic mass is 19.1. The minimum absolute atomic E-state index is 0.0396. The van der Waals surface area contributed by atoms with E-state index >= 15 is 0 Å².